The first-order chi connectivity index (χ1) is 10.8. The van der Waals surface area contributed by atoms with Crippen molar-refractivity contribution in [3.05, 3.63) is 70.8 Å². The summed E-state index contributed by atoms with van der Waals surface area (Å²) in [6.45, 7) is 1.53. The van der Waals surface area contributed by atoms with Crippen LogP contribution < -0.4 is 5.56 Å². The Labute approximate surface area is 127 Å². The van der Waals surface area contributed by atoms with Crippen molar-refractivity contribution in [3.8, 4) is 11.3 Å². The van der Waals surface area contributed by atoms with E-state index in [0.29, 0.717) is 13.0 Å². The number of hydrogen-bond acceptors (Lipinski definition) is 3. The lowest BCUT2D eigenvalue weighted by molar-refractivity contribution is 0.545. The normalized spacial score (nSPS) is 12.2. The molecule has 2 aromatic heterocycles. The van der Waals surface area contributed by atoms with E-state index in [9.17, 15) is 4.79 Å². The van der Waals surface area contributed by atoms with Crippen LogP contribution in [0.2, 0.25) is 0 Å². The smallest absolute Gasteiger partial charge is 0.257 e. The minimum absolute atomic E-state index is 0.0897. The molecule has 5 heteroatoms. The molecule has 3 aromatic rings. The lowest BCUT2D eigenvalue weighted by Crippen LogP contribution is -2.24. The molecule has 0 bridgehead atoms. The SMILES string of the molecule is O=c1c2c(ncn1CCCn1ccnc1)-c1ccccc1C2. The van der Waals surface area contributed by atoms with Crippen LogP contribution in [-0.4, -0.2) is 19.1 Å². The van der Waals surface area contributed by atoms with Crippen molar-refractivity contribution in [2.75, 3.05) is 0 Å². The van der Waals surface area contributed by atoms with Crippen molar-refractivity contribution in [1.29, 1.82) is 0 Å². The molecule has 2 heterocycles. The van der Waals surface area contributed by atoms with Crippen molar-refractivity contribution < 1.29 is 0 Å². The van der Waals surface area contributed by atoms with Crippen LogP contribution >= 0.6 is 0 Å². The summed E-state index contributed by atoms with van der Waals surface area (Å²) in [4.78, 5) is 21.2. The van der Waals surface area contributed by atoms with Gasteiger partial charge in [0.25, 0.3) is 5.56 Å². The summed E-state index contributed by atoms with van der Waals surface area (Å²) >= 11 is 0. The third kappa shape index (κ3) is 2.15. The summed E-state index contributed by atoms with van der Waals surface area (Å²) in [5.41, 5.74) is 4.06. The summed E-state index contributed by atoms with van der Waals surface area (Å²) in [6.07, 6.45) is 8.74. The van der Waals surface area contributed by atoms with Crippen molar-refractivity contribution >= 4 is 0 Å². The second-order valence-electron chi connectivity index (χ2n) is 5.56. The van der Waals surface area contributed by atoms with Gasteiger partial charge in [-0.2, -0.15) is 0 Å². The quantitative estimate of drug-likeness (QED) is 0.579. The number of fused-ring (bicyclic) bond motifs is 3. The number of imidazole rings is 1. The van der Waals surface area contributed by atoms with Gasteiger partial charge < -0.3 is 4.57 Å². The highest BCUT2D eigenvalue weighted by molar-refractivity contribution is 5.72. The van der Waals surface area contributed by atoms with Gasteiger partial charge in [0.2, 0.25) is 0 Å². The Morgan fingerprint density at radius 1 is 1.14 bits per heavy atom. The van der Waals surface area contributed by atoms with Gasteiger partial charge in [0.1, 0.15) is 0 Å². The largest absolute Gasteiger partial charge is 0.337 e. The zero-order chi connectivity index (χ0) is 14.9. The molecule has 0 radical (unpaired) electrons. The predicted molar refractivity (Wildman–Crippen MR) is 83.6 cm³/mol. The average Bonchev–Trinajstić information content (AvgIpc) is 3.17. The van der Waals surface area contributed by atoms with Crippen molar-refractivity contribution in [2.24, 2.45) is 0 Å². The summed E-state index contributed by atoms with van der Waals surface area (Å²) in [7, 11) is 0. The molecule has 110 valence electrons. The third-order valence-corrected chi connectivity index (χ3v) is 4.15. The minimum atomic E-state index is 0.0897. The first-order valence-corrected chi connectivity index (χ1v) is 7.45. The van der Waals surface area contributed by atoms with Crippen molar-refractivity contribution in [2.45, 2.75) is 25.9 Å². The number of hydrogen-bond donors (Lipinski definition) is 0. The fourth-order valence-corrected chi connectivity index (χ4v) is 3.02. The predicted octanol–water partition coefficient (Wildman–Crippen LogP) is 2.10. The Bertz CT molecular complexity index is 865. The lowest BCUT2D eigenvalue weighted by atomic mass is 10.1. The lowest BCUT2D eigenvalue weighted by Gasteiger charge is -2.08. The molecule has 22 heavy (non-hydrogen) atoms. The maximum Gasteiger partial charge on any atom is 0.257 e. The molecule has 0 atom stereocenters. The fraction of sp³-hybridized carbons (Fsp3) is 0.235. The molecule has 1 aliphatic carbocycles. The maximum absolute atomic E-state index is 12.6. The molecule has 0 spiro atoms. The van der Waals surface area contributed by atoms with E-state index in [1.807, 2.05) is 29.0 Å². The molecular formula is C17H16N4O. The molecule has 0 aliphatic heterocycles. The van der Waals surface area contributed by atoms with Crippen LogP contribution in [0.4, 0.5) is 0 Å². The Balaban J connectivity index is 1.56. The number of benzene rings is 1. The zero-order valence-corrected chi connectivity index (χ0v) is 12.1. The van der Waals surface area contributed by atoms with E-state index in [4.69, 9.17) is 0 Å². The number of aromatic nitrogens is 4. The van der Waals surface area contributed by atoms with Gasteiger partial charge in [0, 0.05) is 43.0 Å². The zero-order valence-electron chi connectivity index (χ0n) is 12.1. The highest BCUT2D eigenvalue weighted by Gasteiger charge is 2.22. The third-order valence-electron chi connectivity index (χ3n) is 4.15. The van der Waals surface area contributed by atoms with E-state index in [1.54, 1.807) is 23.4 Å². The van der Waals surface area contributed by atoms with Gasteiger partial charge in [0.15, 0.2) is 0 Å². The van der Waals surface area contributed by atoms with Crippen LogP contribution in [-0.2, 0) is 19.5 Å². The molecular weight excluding hydrogens is 276 g/mol. The Kier molecular flexibility index (Phi) is 3.11. The van der Waals surface area contributed by atoms with E-state index in [0.717, 1.165) is 29.8 Å². The Hall–Kier alpha value is -2.69. The summed E-state index contributed by atoms with van der Waals surface area (Å²) < 4.78 is 3.74. The maximum atomic E-state index is 12.6. The first kappa shape index (κ1) is 13.0. The topological polar surface area (TPSA) is 52.7 Å². The molecule has 5 nitrogen and oxygen atoms in total. The molecule has 0 saturated carbocycles. The van der Waals surface area contributed by atoms with Gasteiger partial charge >= 0.3 is 0 Å². The van der Waals surface area contributed by atoms with E-state index in [-0.39, 0.29) is 5.56 Å². The molecule has 0 saturated heterocycles. The minimum Gasteiger partial charge on any atom is -0.337 e. The van der Waals surface area contributed by atoms with Gasteiger partial charge in [-0.15, -0.1) is 0 Å². The van der Waals surface area contributed by atoms with E-state index >= 15 is 0 Å². The number of rotatable bonds is 4. The first-order valence-electron chi connectivity index (χ1n) is 7.45. The standard InChI is InChI=1S/C17H16N4O/c22-17-15-10-13-4-1-2-5-14(13)16(15)19-12-21(17)8-3-7-20-9-6-18-11-20/h1-2,4-6,9,11-12H,3,7-8,10H2. The summed E-state index contributed by atoms with van der Waals surface area (Å²) in [6, 6.07) is 8.11. The molecule has 0 N–H and O–H groups in total. The van der Waals surface area contributed by atoms with Gasteiger partial charge in [-0.3, -0.25) is 9.36 Å². The van der Waals surface area contributed by atoms with Crippen LogP contribution in [0.3, 0.4) is 0 Å². The highest BCUT2D eigenvalue weighted by Crippen LogP contribution is 2.32. The molecule has 1 aliphatic rings. The Morgan fingerprint density at radius 3 is 2.91 bits per heavy atom. The summed E-state index contributed by atoms with van der Waals surface area (Å²) in [5, 5.41) is 0. The number of aryl methyl sites for hydroxylation is 2. The van der Waals surface area contributed by atoms with Crippen molar-refractivity contribution in [1.82, 2.24) is 19.1 Å². The molecule has 0 amide bonds. The van der Waals surface area contributed by atoms with Gasteiger partial charge in [-0.25, -0.2) is 9.97 Å². The Morgan fingerprint density at radius 2 is 2.05 bits per heavy atom. The molecule has 0 fully saturated rings. The molecule has 0 unspecified atom stereocenters. The van der Waals surface area contributed by atoms with E-state index in [1.165, 1.54) is 5.56 Å². The molecule has 4 rings (SSSR count). The summed E-state index contributed by atoms with van der Waals surface area (Å²) in [5.74, 6) is 0. The van der Waals surface area contributed by atoms with Crippen LogP contribution in [0.1, 0.15) is 17.5 Å². The van der Waals surface area contributed by atoms with Gasteiger partial charge in [-0.05, 0) is 12.0 Å². The van der Waals surface area contributed by atoms with Crippen molar-refractivity contribution in [3.63, 3.8) is 0 Å². The second kappa shape index (κ2) is 5.26. The molecule has 1 aromatic carbocycles. The average molecular weight is 292 g/mol. The highest BCUT2D eigenvalue weighted by atomic mass is 16.1. The van der Waals surface area contributed by atoms with Crippen LogP contribution in [0.15, 0.2) is 54.1 Å². The van der Waals surface area contributed by atoms with Gasteiger partial charge in [0.05, 0.1) is 18.3 Å². The van der Waals surface area contributed by atoms with Crippen LogP contribution in [0.5, 0.6) is 0 Å². The van der Waals surface area contributed by atoms with Gasteiger partial charge in [-0.1, -0.05) is 24.3 Å². The van der Waals surface area contributed by atoms with Crippen LogP contribution in [0, 0.1) is 0 Å². The van der Waals surface area contributed by atoms with E-state index in [2.05, 4.69) is 16.0 Å². The monoisotopic (exact) mass is 292 g/mol. The van der Waals surface area contributed by atoms with Crippen LogP contribution in [0.25, 0.3) is 11.3 Å². The van der Waals surface area contributed by atoms with E-state index < -0.39 is 0 Å². The fourth-order valence-electron chi connectivity index (χ4n) is 3.02. The second-order valence-corrected chi connectivity index (χ2v) is 5.56. The number of nitrogens with zero attached hydrogens (tertiary/aromatic N) is 4.